The van der Waals surface area contributed by atoms with E-state index in [4.69, 9.17) is 0 Å². The highest BCUT2D eigenvalue weighted by atomic mass is 16.4. The highest BCUT2D eigenvalue weighted by molar-refractivity contribution is 6.01. The molecule has 0 saturated carbocycles. The third-order valence-corrected chi connectivity index (χ3v) is 7.42. The Balaban J connectivity index is 1.44. The van der Waals surface area contributed by atoms with Gasteiger partial charge in [-0.3, -0.25) is 14.6 Å². The molecule has 0 unspecified atom stereocenters. The number of carboxylic acids is 1. The summed E-state index contributed by atoms with van der Waals surface area (Å²) in [5, 5.41) is 26.8. The summed E-state index contributed by atoms with van der Waals surface area (Å²) in [6, 6.07) is 16.5. The van der Waals surface area contributed by atoms with Crippen LogP contribution in [0.15, 0.2) is 73.1 Å². The molecule has 9 heteroatoms. The van der Waals surface area contributed by atoms with Crippen LogP contribution in [0, 0.1) is 0 Å². The van der Waals surface area contributed by atoms with E-state index in [2.05, 4.69) is 35.5 Å². The average Bonchev–Trinajstić information content (AvgIpc) is 3.48. The maximum absolute atomic E-state index is 13.3. The molecular weight excluding hydrogens is 520 g/mol. The fourth-order valence-corrected chi connectivity index (χ4v) is 5.06. The van der Waals surface area contributed by atoms with Gasteiger partial charge in [0.15, 0.2) is 0 Å². The van der Waals surface area contributed by atoms with Crippen LogP contribution < -0.4 is 10.6 Å². The number of benzene rings is 2. The van der Waals surface area contributed by atoms with E-state index in [-0.39, 0.29) is 17.7 Å². The van der Waals surface area contributed by atoms with Gasteiger partial charge in [0, 0.05) is 43.2 Å². The summed E-state index contributed by atoms with van der Waals surface area (Å²) in [6.45, 7) is 5.35. The molecule has 2 aromatic carbocycles. The normalized spacial score (nSPS) is 16.4. The second-order valence-electron chi connectivity index (χ2n) is 10.8. The van der Waals surface area contributed by atoms with Crippen molar-refractivity contribution in [1.82, 2.24) is 20.5 Å². The number of rotatable bonds is 12. The van der Waals surface area contributed by atoms with Crippen molar-refractivity contribution in [3.8, 4) is 0 Å². The number of amides is 2. The molecule has 216 valence electrons. The van der Waals surface area contributed by atoms with Crippen LogP contribution in [0.2, 0.25) is 0 Å². The first-order chi connectivity index (χ1) is 19.7. The van der Waals surface area contributed by atoms with Gasteiger partial charge >= 0.3 is 5.97 Å². The molecule has 2 heterocycles. The Hall–Kier alpha value is -4.08. The van der Waals surface area contributed by atoms with Crippen molar-refractivity contribution in [2.24, 2.45) is 0 Å². The number of pyridine rings is 1. The van der Waals surface area contributed by atoms with Gasteiger partial charge in [-0.05, 0) is 60.1 Å². The van der Waals surface area contributed by atoms with Gasteiger partial charge < -0.3 is 25.7 Å². The lowest BCUT2D eigenvalue weighted by Crippen LogP contribution is -2.48. The maximum atomic E-state index is 13.3. The van der Waals surface area contributed by atoms with Crippen LogP contribution in [0.25, 0.3) is 0 Å². The summed E-state index contributed by atoms with van der Waals surface area (Å²) >= 11 is 0. The van der Waals surface area contributed by atoms with E-state index in [0.717, 1.165) is 16.7 Å². The number of hydrogen-bond acceptors (Lipinski definition) is 6. The predicted octanol–water partition coefficient (Wildman–Crippen LogP) is 3.39. The number of aromatic nitrogens is 1. The van der Waals surface area contributed by atoms with Gasteiger partial charge in [-0.25, -0.2) is 4.79 Å². The Kier molecular flexibility index (Phi) is 10.2. The van der Waals surface area contributed by atoms with E-state index in [1.165, 1.54) is 11.0 Å². The van der Waals surface area contributed by atoms with Crippen molar-refractivity contribution in [1.29, 1.82) is 0 Å². The molecule has 1 aliphatic rings. The summed E-state index contributed by atoms with van der Waals surface area (Å²) in [7, 11) is 0. The molecule has 41 heavy (non-hydrogen) atoms. The second-order valence-corrected chi connectivity index (χ2v) is 10.8. The van der Waals surface area contributed by atoms with Crippen molar-refractivity contribution in [2.75, 3.05) is 13.1 Å². The molecule has 0 radical (unpaired) electrons. The van der Waals surface area contributed by atoms with Crippen LogP contribution in [0.5, 0.6) is 0 Å². The van der Waals surface area contributed by atoms with E-state index >= 15 is 0 Å². The van der Waals surface area contributed by atoms with Crippen molar-refractivity contribution < 1.29 is 24.6 Å². The summed E-state index contributed by atoms with van der Waals surface area (Å²) in [4.78, 5) is 43.6. The average molecular weight is 559 g/mol. The van der Waals surface area contributed by atoms with Crippen LogP contribution in [-0.4, -0.2) is 69.2 Å². The third-order valence-electron chi connectivity index (χ3n) is 7.42. The van der Waals surface area contributed by atoms with Gasteiger partial charge in [-0.2, -0.15) is 0 Å². The number of hydrogen-bond donors (Lipinski definition) is 4. The highest BCUT2D eigenvalue weighted by Crippen LogP contribution is 2.21. The van der Waals surface area contributed by atoms with Crippen molar-refractivity contribution >= 4 is 17.8 Å². The number of aliphatic hydroxyl groups excluding tert-OH is 1. The minimum Gasteiger partial charge on any atom is -0.480 e. The molecular formula is C32H38N4O5. The van der Waals surface area contributed by atoms with Crippen molar-refractivity contribution in [3.05, 3.63) is 101 Å². The molecule has 1 aromatic heterocycles. The van der Waals surface area contributed by atoms with Crippen LogP contribution in [0.4, 0.5) is 0 Å². The van der Waals surface area contributed by atoms with E-state index in [0.29, 0.717) is 38.3 Å². The molecule has 1 aliphatic heterocycles. The van der Waals surface area contributed by atoms with Gasteiger partial charge in [-0.1, -0.05) is 56.3 Å². The minimum atomic E-state index is -1.03. The lowest BCUT2D eigenvalue weighted by Gasteiger charge is -2.25. The molecule has 0 spiro atoms. The van der Waals surface area contributed by atoms with Gasteiger partial charge in [0.2, 0.25) is 0 Å². The lowest BCUT2D eigenvalue weighted by molar-refractivity contribution is -0.141. The van der Waals surface area contributed by atoms with E-state index < -0.39 is 36.0 Å². The van der Waals surface area contributed by atoms with E-state index in [9.17, 15) is 24.6 Å². The zero-order chi connectivity index (χ0) is 29.4. The minimum absolute atomic E-state index is 0.244. The molecule has 9 nitrogen and oxygen atoms in total. The molecule has 1 saturated heterocycles. The van der Waals surface area contributed by atoms with E-state index in [1.54, 1.807) is 24.4 Å². The van der Waals surface area contributed by atoms with E-state index in [1.807, 2.05) is 36.5 Å². The Morgan fingerprint density at radius 2 is 1.76 bits per heavy atom. The zero-order valence-corrected chi connectivity index (χ0v) is 23.5. The number of aliphatic hydroxyl groups is 1. The number of carboxylic acid groups (broad SMARTS) is 1. The van der Waals surface area contributed by atoms with Crippen molar-refractivity contribution in [3.63, 3.8) is 0 Å². The first kappa shape index (κ1) is 29.9. The summed E-state index contributed by atoms with van der Waals surface area (Å²) in [5.41, 5.74) is 3.63. The number of carbonyl (C=O) groups is 3. The summed E-state index contributed by atoms with van der Waals surface area (Å²) < 4.78 is 0. The van der Waals surface area contributed by atoms with Crippen molar-refractivity contribution in [2.45, 2.75) is 63.8 Å². The number of carbonyl (C=O) groups excluding carboxylic acids is 2. The molecule has 3 atom stereocenters. The van der Waals surface area contributed by atoms with Crippen LogP contribution in [0.3, 0.4) is 0 Å². The fraction of sp³-hybridized carbons (Fsp3) is 0.375. The molecule has 0 bridgehead atoms. The number of aliphatic carboxylic acids is 1. The van der Waals surface area contributed by atoms with Crippen LogP contribution in [0.1, 0.15) is 70.0 Å². The molecule has 0 aliphatic carbocycles. The summed E-state index contributed by atoms with van der Waals surface area (Å²) in [5.74, 6) is -1.50. The topological polar surface area (TPSA) is 132 Å². The largest absolute Gasteiger partial charge is 0.480 e. The molecule has 4 N–H and O–H groups in total. The highest BCUT2D eigenvalue weighted by Gasteiger charge is 2.34. The number of likely N-dealkylation sites (tertiary alicyclic amines) is 1. The van der Waals surface area contributed by atoms with Gasteiger partial charge in [-0.15, -0.1) is 0 Å². The number of nitrogens with zero attached hydrogens (tertiary/aromatic N) is 2. The molecule has 3 aromatic rings. The fourth-order valence-electron chi connectivity index (χ4n) is 5.06. The standard InChI is InChI=1S/C32H38N4O5/c1-21(2)26-14-23(17-33-19-26)18-34-20-29(37)27(15-22-8-4-3-5-9-22)35-30(38)24-10-6-11-25(16-24)31(39)36-13-7-12-28(36)32(40)41/h3-6,8-11,14,16-17,19,21,27-29,34,37H,7,12-13,15,18,20H2,1-2H3,(H,35,38)(H,40,41)/t27-,28+,29-/m0/s1. The predicted molar refractivity (Wildman–Crippen MR) is 156 cm³/mol. The lowest BCUT2D eigenvalue weighted by atomic mass is 10.00. The van der Waals surface area contributed by atoms with Gasteiger partial charge in [0.05, 0.1) is 12.1 Å². The zero-order valence-electron chi connectivity index (χ0n) is 23.5. The monoisotopic (exact) mass is 558 g/mol. The Labute approximate surface area is 240 Å². The van der Waals surface area contributed by atoms with Gasteiger partial charge in [0.25, 0.3) is 11.8 Å². The third kappa shape index (κ3) is 7.99. The molecule has 1 fully saturated rings. The molecule has 2 amide bonds. The smallest absolute Gasteiger partial charge is 0.326 e. The number of nitrogens with one attached hydrogen (secondary N) is 2. The first-order valence-corrected chi connectivity index (χ1v) is 14.0. The summed E-state index contributed by atoms with van der Waals surface area (Å²) in [6.07, 6.45) is 4.19. The molecule has 4 rings (SSSR count). The Morgan fingerprint density at radius 1 is 1.00 bits per heavy atom. The SMILES string of the molecule is CC(C)c1cncc(CNC[C@H](O)[C@H](Cc2ccccc2)NC(=O)c2cccc(C(=O)N3CCC[C@@H]3C(=O)O)c2)c1. The Bertz CT molecular complexity index is 1350. The first-order valence-electron chi connectivity index (χ1n) is 14.0. The maximum Gasteiger partial charge on any atom is 0.326 e. The quantitative estimate of drug-likeness (QED) is 0.268. The van der Waals surface area contributed by atoms with Crippen LogP contribution >= 0.6 is 0 Å². The van der Waals surface area contributed by atoms with Crippen LogP contribution in [-0.2, 0) is 17.8 Å². The van der Waals surface area contributed by atoms with Gasteiger partial charge in [0.1, 0.15) is 6.04 Å². The second kappa shape index (κ2) is 14.0. The Morgan fingerprint density at radius 3 is 2.49 bits per heavy atom.